The van der Waals surface area contributed by atoms with Crippen LogP contribution in [0.5, 0.6) is 11.5 Å². The predicted octanol–water partition coefficient (Wildman–Crippen LogP) is 2.33. The molecule has 0 heterocycles. The van der Waals surface area contributed by atoms with Crippen molar-refractivity contribution in [1.82, 2.24) is 0 Å². The molecule has 1 aromatic carbocycles. The van der Waals surface area contributed by atoms with E-state index in [2.05, 4.69) is 13.8 Å². The average Bonchev–Trinajstić information content (AvgIpc) is 2.48. The van der Waals surface area contributed by atoms with Crippen LogP contribution in [0.1, 0.15) is 37.8 Å². The maximum atomic E-state index is 8.82. The highest BCUT2D eigenvalue weighted by molar-refractivity contribution is 5.48. The van der Waals surface area contributed by atoms with Crippen molar-refractivity contribution < 1.29 is 19.7 Å². The van der Waals surface area contributed by atoms with Gasteiger partial charge in [0.1, 0.15) is 11.5 Å². The molecule has 1 rings (SSSR count). The van der Waals surface area contributed by atoms with Crippen molar-refractivity contribution in [3.8, 4) is 11.5 Å². The number of hydrogen-bond donors (Lipinski definition) is 2. The SMILES string of the molecule is CCc1c(OCCCO)ccc(OCCCO)c1CC. The van der Waals surface area contributed by atoms with Crippen molar-refractivity contribution >= 4 is 0 Å². The van der Waals surface area contributed by atoms with Gasteiger partial charge in [-0.25, -0.2) is 0 Å². The summed E-state index contributed by atoms with van der Waals surface area (Å²) in [7, 11) is 0. The molecule has 1 aromatic rings. The highest BCUT2D eigenvalue weighted by Crippen LogP contribution is 2.31. The van der Waals surface area contributed by atoms with Crippen LogP contribution in [0.25, 0.3) is 0 Å². The Balaban J connectivity index is 2.87. The summed E-state index contributed by atoms with van der Waals surface area (Å²) in [4.78, 5) is 0. The van der Waals surface area contributed by atoms with E-state index in [0.717, 1.165) is 24.3 Å². The molecule has 4 nitrogen and oxygen atoms in total. The van der Waals surface area contributed by atoms with E-state index < -0.39 is 0 Å². The molecule has 0 saturated heterocycles. The van der Waals surface area contributed by atoms with Gasteiger partial charge in [-0.1, -0.05) is 13.8 Å². The lowest BCUT2D eigenvalue weighted by Crippen LogP contribution is -2.07. The van der Waals surface area contributed by atoms with E-state index in [1.54, 1.807) is 0 Å². The molecule has 0 unspecified atom stereocenters. The molecule has 0 aliphatic carbocycles. The Morgan fingerprint density at radius 3 is 1.50 bits per heavy atom. The maximum absolute atomic E-state index is 8.82. The van der Waals surface area contributed by atoms with Crippen molar-refractivity contribution in [3.63, 3.8) is 0 Å². The molecule has 0 aromatic heterocycles. The Bertz CT molecular complexity index is 353. The van der Waals surface area contributed by atoms with E-state index in [0.29, 0.717) is 26.1 Å². The summed E-state index contributed by atoms with van der Waals surface area (Å²) in [6.45, 7) is 5.54. The van der Waals surface area contributed by atoms with E-state index >= 15 is 0 Å². The van der Waals surface area contributed by atoms with Crippen LogP contribution in [0.4, 0.5) is 0 Å². The molecule has 0 amide bonds. The Kier molecular flexibility index (Phi) is 8.07. The molecule has 114 valence electrons. The first-order chi connectivity index (χ1) is 9.78. The fourth-order valence-electron chi connectivity index (χ4n) is 2.19. The van der Waals surface area contributed by atoms with Crippen LogP contribution in [0.15, 0.2) is 12.1 Å². The molecule has 2 N–H and O–H groups in total. The Labute approximate surface area is 121 Å². The number of rotatable bonds is 10. The molecule has 0 aliphatic heterocycles. The number of aliphatic hydroxyl groups is 2. The predicted molar refractivity (Wildman–Crippen MR) is 79.6 cm³/mol. The standard InChI is InChI=1S/C16H26O4/c1-3-13-14(4-2)16(20-12-6-10-18)8-7-15(13)19-11-5-9-17/h7-8,17-18H,3-6,9-12H2,1-2H3. The minimum absolute atomic E-state index is 0.143. The zero-order valence-electron chi connectivity index (χ0n) is 12.5. The summed E-state index contributed by atoms with van der Waals surface area (Å²) in [6, 6.07) is 3.87. The van der Waals surface area contributed by atoms with E-state index in [-0.39, 0.29) is 13.2 Å². The quantitative estimate of drug-likeness (QED) is 0.647. The zero-order valence-corrected chi connectivity index (χ0v) is 12.5. The third-order valence-electron chi connectivity index (χ3n) is 3.17. The van der Waals surface area contributed by atoms with E-state index in [1.165, 1.54) is 11.1 Å². The summed E-state index contributed by atoms with van der Waals surface area (Å²) < 4.78 is 11.5. The molecular weight excluding hydrogens is 256 g/mol. The van der Waals surface area contributed by atoms with Gasteiger partial charge in [-0.05, 0) is 25.0 Å². The van der Waals surface area contributed by atoms with Crippen molar-refractivity contribution in [2.75, 3.05) is 26.4 Å². The molecule has 0 aliphatic rings. The molecule has 0 spiro atoms. The third-order valence-corrected chi connectivity index (χ3v) is 3.17. The van der Waals surface area contributed by atoms with Crippen LogP contribution >= 0.6 is 0 Å². The van der Waals surface area contributed by atoms with Gasteiger partial charge in [0, 0.05) is 37.2 Å². The second-order valence-corrected chi connectivity index (χ2v) is 4.58. The van der Waals surface area contributed by atoms with Gasteiger partial charge in [0.05, 0.1) is 13.2 Å². The number of ether oxygens (including phenoxy) is 2. The van der Waals surface area contributed by atoms with E-state index in [9.17, 15) is 0 Å². The van der Waals surface area contributed by atoms with Gasteiger partial charge in [-0.15, -0.1) is 0 Å². The van der Waals surface area contributed by atoms with Crippen molar-refractivity contribution in [1.29, 1.82) is 0 Å². The lowest BCUT2D eigenvalue weighted by atomic mass is 10.0. The fourth-order valence-corrected chi connectivity index (χ4v) is 2.19. The zero-order chi connectivity index (χ0) is 14.8. The van der Waals surface area contributed by atoms with Crippen LogP contribution in [-0.2, 0) is 12.8 Å². The third kappa shape index (κ3) is 4.69. The normalized spacial score (nSPS) is 10.6. The van der Waals surface area contributed by atoms with Gasteiger partial charge in [0.15, 0.2) is 0 Å². The van der Waals surface area contributed by atoms with Gasteiger partial charge in [0.25, 0.3) is 0 Å². The topological polar surface area (TPSA) is 58.9 Å². The summed E-state index contributed by atoms with van der Waals surface area (Å²) in [6.07, 6.45) is 3.04. The molecule has 0 atom stereocenters. The van der Waals surface area contributed by atoms with Crippen LogP contribution in [0, 0.1) is 0 Å². The molecule has 20 heavy (non-hydrogen) atoms. The summed E-state index contributed by atoms with van der Waals surface area (Å²) >= 11 is 0. The average molecular weight is 282 g/mol. The van der Waals surface area contributed by atoms with E-state index in [1.807, 2.05) is 12.1 Å². The molecule has 0 saturated carbocycles. The maximum Gasteiger partial charge on any atom is 0.123 e. The van der Waals surface area contributed by atoms with Gasteiger partial charge < -0.3 is 19.7 Å². The molecular formula is C16H26O4. The minimum Gasteiger partial charge on any atom is -0.493 e. The van der Waals surface area contributed by atoms with Crippen molar-refractivity contribution in [3.05, 3.63) is 23.3 Å². The first-order valence-corrected chi connectivity index (χ1v) is 7.40. The van der Waals surface area contributed by atoms with E-state index in [4.69, 9.17) is 19.7 Å². The Hall–Kier alpha value is -1.26. The van der Waals surface area contributed by atoms with Crippen LogP contribution in [-0.4, -0.2) is 36.6 Å². The second kappa shape index (κ2) is 9.61. The molecule has 0 fully saturated rings. The molecule has 0 bridgehead atoms. The highest BCUT2D eigenvalue weighted by atomic mass is 16.5. The Morgan fingerprint density at radius 1 is 0.800 bits per heavy atom. The summed E-state index contributed by atoms with van der Waals surface area (Å²) in [5.74, 6) is 1.76. The first-order valence-electron chi connectivity index (χ1n) is 7.40. The fraction of sp³-hybridized carbons (Fsp3) is 0.625. The highest BCUT2D eigenvalue weighted by Gasteiger charge is 2.12. The summed E-state index contributed by atoms with van der Waals surface area (Å²) in [5.41, 5.74) is 2.35. The smallest absolute Gasteiger partial charge is 0.123 e. The summed E-state index contributed by atoms with van der Waals surface area (Å²) in [5, 5.41) is 17.6. The van der Waals surface area contributed by atoms with Crippen molar-refractivity contribution in [2.24, 2.45) is 0 Å². The molecule has 4 heteroatoms. The number of aliphatic hydroxyl groups excluding tert-OH is 2. The lowest BCUT2D eigenvalue weighted by Gasteiger charge is -2.18. The van der Waals surface area contributed by atoms with Crippen LogP contribution in [0.3, 0.4) is 0 Å². The van der Waals surface area contributed by atoms with Crippen molar-refractivity contribution in [2.45, 2.75) is 39.5 Å². The van der Waals surface area contributed by atoms with Gasteiger partial charge >= 0.3 is 0 Å². The number of hydrogen-bond acceptors (Lipinski definition) is 4. The van der Waals surface area contributed by atoms with Crippen LogP contribution < -0.4 is 9.47 Å². The minimum atomic E-state index is 0.143. The Morgan fingerprint density at radius 2 is 1.20 bits per heavy atom. The van der Waals surface area contributed by atoms with Crippen LogP contribution in [0.2, 0.25) is 0 Å². The molecule has 0 radical (unpaired) electrons. The largest absolute Gasteiger partial charge is 0.493 e. The second-order valence-electron chi connectivity index (χ2n) is 4.58. The lowest BCUT2D eigenvalue weighted by molar-refractivity contribution is 0.228. The monoisotopic (exact) mass is 282 g/mol. The van der Waals surface area contributed by atoms with Gasteiger partial charge in [-0.2, -0.15) is 0 Å². The number of benzene rings is 1. The van der Waals surface area contributed by atoms with Gasteiger partial charge in [-0.3, -0.25) is 0 Å². The first kappa shape index (κ1) is 16.8. The van der Waals surface area contributed by atoms with Gasteiger partial charge in [0.2, 0.25) is 0 Å².